The zero-order chi connectivity index (χ0) is 32.6. The van der Waals surface area contributed by atoms with Crippen LogP contribution in [0.3, 0.4) is 0 Å². The van der Waals surface area contributed by atoms with E-state index in [1.54, 1.807) is 49.4 Å². The van der Waals surface area contributed by atoms with Gasteiger partial charge in [-0.2, -0.15) is 0 Å². The van der Waals surface area contributed by atoms with E-state index in [4.69, 9.17) is 34.8 Å². The average molecular weight is 687 g/mol. The summed E-state index contributed by atoms with van der Waals surface area (Å²) in [4.78, 5) is 29.6. The van der Waals surface area contributed by atoms with Crippen LogP contribution in [0.5, 0.6) is 0 Å². The predicted octanol–water partition coefficient (Wildman–Crippen LogP) is 7.32. The number of hydrogen-bond donors (Lipinski definition) is 1. The summed E-state index contributed by atoms with van der Waals surface area (Å²) < 4.78 is 29.4. The number of carbonyl (C=O) groups is 2. The molecule has 1 atom stereocenters. The Hall–Kier alpha value is -3.56. The lowest BCUT2D eigenvalue weighted by molar-refractivity contribution is -0.140. The molecule has 0 unspecified atom stereocenters. The van der Waals surface area contributed by atoms with E-state index in [1.165, 1.54) is 29.2 Å². The highest BCUT2D eigenvalue weighted by Crippen LogP contribution is 2.30. The molecule has 4 aromatic rings. The molecule has 0 aliphatic heterocycles. The van der Waals surface area contributed by atoms with Gasteiger partial charge in [0, 0.05) is 40.1 Å². The quantitative estimate of drug-likeness (QED) is 0.160. The molecule has 0 radical (unpaired) electrons. The number of benzene rings is 4. The van der Waals surface area contributed by atoms with E-state index < -0.39 is 28.5 Å². The topological polar surface area (TPSA) is 86.8 Å². The van der Waals surface area contributed by atoms with Crippen LogP contribution in [0.15, 0.2) is 102 Å². The van der Waals surface area contributed by atoms with Gasteiger partial charge in [0.2, 0.25) is 11.8 Å². The molecule has 0 spiro atoms. The molecule has 45 heavy (non-hydrogen) atoms. The van der Waals surface area contributed by atoms with Crippen LogP contribution in [0.2, 0.25) is 15.1 Å². The highest BCUT2D eigenvalue weighted by atomic mass is 35.5. The Labute approximate surface area is 279 Å². The number of aryl methyl sites for hydroxylation is 1. The SMILES string of the molecule is CCCNC(=O)[C@H](Cc1ccccc1)N(Cc1c(Cl)cccc1Cl)C(=O)CN(c1ccccc1C)S(=O)(=O)c1ccc(Cl)cc1. The Morgan fingerprint density at radius 3 is 2.07 bits per heavy atom. The van der Waals surface area contributed by atoms with Crippen molar-refractivity contribution in [2.45, 2.75) is 44.2 Å². The van der Waals surface area contributed by atoms with Crippen LogP contribution in [0.1, 0.15) is 30.0 Å². The summed E-state index contributed by atoms with van der Waals surface area (Å²) in [7, 11) is -4.26. The molecule has 0 saturated carbocycles. The Kier molecular flexibility index (Phi) is 11.9. The molecule has 0 aliphatic carbocycles. The van der Waals surface area contributed by atoms with Gasteiger partial charge in [-0.15, -0.1) is 0 Å². The summed E-state index contributed by atoms with van der Waals surface area (Å²) in [5, 5.41) is 3.92. The van der Waals surface area contributed by atoms with E-state index in [-0.39, 0.29) is 23.8 Å². The number of amides is 2. The highest BCUT2D eigenvalue weighted by molar-refractivity contribution is 7.92. The summed E-state index contributed by atoms with van der Waals surface area (Å²) >= 11 is 19.2. The lowest BCUT2D eigenvalue weighted by atomic mass is 10.0. The summed E-state index contributed by atoms with van der Waals surface area (Å²) in [5.41, 5.74) is 2.23. The second-order valence-electron chi connectivity index (χ2n) is 10.5. The van der Waals surface area contributed by atoms with Crippen LogP contribution < -0.4 is 9.62 Å². The van der Waals surface area contributed by atoms with E-state index in [0.29, 0.717) is 44.8 Å². The first-order valence-electron chi connectivity index (χ1n) is 14.4. The number of sulfonamides is 1. The molecule has 0 aromatic heterocycles. The van der Waals surface area contributed by atoms with Gasteiger partial charge in [0.05, 0.1) is 10.6 Å². The zero-order valence-electron chi connectivity index (χ0n) is 24.9. The first-order chi connectivity index (χ1) is 21.5. The predicted molar refractivity (Wildman–Crippen MR) is 181 cm³/mol. The first kappa shape index (κ1) is 34.3. The number of carbonyl (C=O) groups excluding carboxylic acids is 2. The van der Waals surface area contributed by atoms with Crippen molar-refractivity contribution < 1.29 is 18.0 Å². The first-order valence-corrected chi connectivity index (χ1v) is 17.0. The number of rotatable bonds is 13. The minimum absolute atomic E-state index is 0.0369. The fraction of sp³-hybridized carbons (Fsp3) is 0.235. The lowest BCUT2D eigenvalue weighted by Crippen LogP contribution is -2.53. The van der Waals surface area contributed by atoms with Crippen molar-refractivity contribution in [2.24, 2.45) is 0 Å². The van der Waals surface area contributed by atoms with Gasteiger partial charge in [-0.05, 0) is 66.9 Å². The van der Waals surface area contributed by atoms with Gasteiger partial charge in [0.1, 0.15) is 12.6 Å². The van der Waals surface area contributed by atoms with Crippen LogP contribution in [0.25, 0.3) is 0 Å². The number of halogens is 3. The molecular weight excluding hydrogens is 653 g/mol. The van der Waals surface area contributed by atoms with E-state index in [9.17, 15) is 18.0 Å². The second-order valence-corrected chi connectivity index (χ2v) is 13.6. The molecule has 0 aliphatic rings. The minimum Gasteiger partial charge on any atom is -0.354 e. The van der Waals surface area contributed by atoms with Crippen LogP contribution >= 0.6 is 34.8 Å². The summed E-state index contributed by atoms with van der Waals surface area (Å²) in [6, 6.07) is 25.9. The van der Waals surface area contributed by atoms with Gasteiger partial charge >= 0.3 is 0 Å². The molecule has 0 heterocycles. The largest absolute Gasteiger partial charge is 0.354 e. The van der Waals surface area contributed by atoms with Gasteiger partial charge < -0.3 is 10.2 Å². The molecular formula is C34H34Cl3N3O4S. The number of anilines is 1. The Bertz CT molecular complexity index is 1720. The van der Waals surface area contributed by atoms with Gasteiger partial charge in [0.15, 0.2) is 0 Å². The van der Waals surface area contributed by atoms with Crippen molar-refractivity contribution in [3.63, 3.8) is 0 Å². The van der Waals surface area contributed by atoms with Crippen LogP contribution in [0, 0.1) is 6.92 Å². The second kappa shape index (κ2) is 15.6. The number of nitrogens with one attached hydrogen (secondary N) is 1. The third-order valence-electron chi connectivity index (χ3n) is 7.28. The van der Waals surface area contributed by atoms with Crippen molar-refractivity contribution in [3.05, 3.63) is 129 Å². The van der Waals surface area contributed by atoms with Gasteiger partial charge in [-0.25, -0.2) is 8.42 Å². The Morgan fingerprint density at radius 2 is 1.44 bits per heavy atom. The maximum Gasteiger partial charge on any atom is 0.264 e. The maximum atomic E-state index is 14.5. The Balaban J connectivity index is 1.84. The molecule has 236 valence electrons. The van der Waals surface area contributed by atoms with Crippen molar-refractivity contribution in [3.8, 4) is 0 Å². The maximum absolute atomic E-state index is 14.5. The molecule has 4 aromatic carbocycles. The zero-order valence-corrected chi connectivity index (χ0v) is 28.0. The average Bonchev–Trinajstić information content (AvgIpc) is 3.02. The minimum atomic E-state index is -4.26. The van der Waals surface area contributed by atoms with Crippen LogP contribution in [-0.2, 0) is 32.6 Å². The third-order valence-corrected chi connectivity index (χ3v) is 10.0. The molecule has 0 bridgehead atoms. The van der Waals surface area contributed by atoms with Gasteiger partial charge in [-0.3, -0.25) is 13.9 Å². The fourth-order valence-electron chi connectivity index (χ4n) is 4.86. The summed E-state index contributed by atoms with van der Waals surface area (Å²) in [6.07, 6.45) is 0.868. The third kappa shape index (κ3) is 8.58. The number of hydrogen-bond acceptors (Lipinski definition) is 4. The molecule has 7 nitrogen and oxygen atoms in total. The molecule has 4 rings (SSSR count). The monoisotopic (exact) mass is 685 g/mol. The molecule has 11 heteroatoms. The number of para-hydroxylation sites is 1. The summed E-state index contributed by atoms with van der Waals surface area (Å²) in [6.45, 7) is 3.38. The lowest BCUT2D eigenvalue weighted by Gasteiger charge is -2.34. The van der Waals surface area contributed by atoms with E-state index >= 15 is 0 Å². The van der Waals surface area contributed by atoms with Crippen molar-refractivity contribution in [1.82, 2.24) is 10.2 Å². The normalized spacial score (nSPS) is 11.9. The highest BCUT2D eigenvalue weighted by Gasteiger charge is 2.35. The molecule has 0 saturated heterocycles. The van der Waals surface area contributed by atoms with Gasteiger partial charge in [-0.1, -0.05) is 96.3 Å². The van der Waals surface area contributed by atoms with E-state index in [2.05, 4.69) is 5.32 Å². The smallest absolute Gasteiger partial charge is 0.264 e. The van der Waals surface area contributed by atoms with E-state index in [1.807, 2.05) is 37.3 Å². The van der Waals surface area contributed by atoms with E-state index in [0.717, 1.165) is 9.87 Å². The van der Waals surface area contributed by atoms with Gasteiger partial charge in [0.25, 0.3) is 10.0 Å². The molecule has 0 fully saturated rings. The standard InChI is InChI=1S/C34H34Cl3N3O4S/c1-3-20-38-34(42)32(21-25-11-5-4-6-12-25)39(22-28-29(36)13-9-14-30(28)37)33(41)23-40(31-15-8-7-10-24(31)2)45(43,44)27-18-16-26(35)17-19-27/h4-19,32H,3,20-23H2,1-2H3,(H,38,42)/t32-/m0/s1. The van der Waals surface area contributed by atoms with Crippen LogP contribution in [0.4, 0.5) is 5.69 Å². The number of nitrogens with zero attached hydrogens (tertiary/aromatic N) is 2. The Morgan fingerprint density at radius 1 is 0.822 bits per heavy atom. The summed E-state index contributed by atoms with van der Waals surface area (Å²) in [5.74, 6) is -0.986. The molecule has 1 N–H and O–H groups in total. The van der Waals surface area contributed by atoms with Crippen molar-refractivity contribution in [2.75, 3.05) is 17.4 Å². The van der Waals surface area contributed by atoms with Crippen molar-refractivity contribution in [1.29, 1.82) is 0 Å². The van der Waals surface area contributed by atoms with Crippen molar-refractivity contribution >= 4 is 62.3 Å². The van der Waals surface area contributed by atoms with Crippen LogP contribution in [-0.4, -0.2) is 44.3 Å². The fourth-order valence-corrected chi connectivity index (χ4v) is 6.99. The molecule has 2 amide bonds.